The molecule has 0 fully saturated rings. The Kier molecular flexibility index (Phi) is 6.92. The van der Waals surface area contributed by atoms with Gasteiger partial charge in [-0.2, -0.15) is 0 Å². The number of amides is 2. The maximum absolute atomic E-state index is 14.0. The largest absolute Gasteiger partial charge is 0.487 e. The molecule has 41 heavy (non-hydrogen) atoms. The minimum Gasteiger partial charge on any atom is -0.487 e. The van der Waals surface area contributed by atoms with E-state index < -0.39 is 17.8 Å². The summed E-state index contributed by atoms with van der Waals surface area (Å²) in [5.41, 5.74) is 3.00. The van der Waals surface area contributed by atoms with Crippen LogP contribution in [0.2, 0.25) is 0 Å². The van der Waals surface area contributed by atoms with Gasteiger partial charge < -0.3 is 14.6 Å². The first-order valence-corrected chi connectivity index (χ1v) is 13.1. The molecule has 0 unspecified atom stereocenters. The zero-order valence-electron chi connectivity index (χ0n) is 21.9. The fourth-order valence-corrected chi connectivity index (χ4v) is 5.03. The zero-order valence-corrected chi connectivity index (χ0v) is 21.9. The Labute approximate surface area is 236 Å². The molecule has 0 saturated carbocycles. The summed E-state index contributed by atoms with van der Waals surface area (Å²) < 4.78 is 12.6. The van der Waals surface area contributed by atoms with Crippen molar-refractivity contribution < 1.29 is 29.0 Å². The normalized spacial score (nSPS) is 12.4. The fourth-order valence-electron chi connectivity index (χ4n) is 5.03. The SMILES string of the molecule is O=C(O)Cc1ccc(N2C(=O)c3c(c(OCc4ccccc4)c4ccccc4c3OCc3ccccc3)C2=O)cc1. The van der Waals surface area contributed by atoms with Crippen LogP contribution in [-0.4, -0.2) is 22.9 Å². The van der Waals surface area contributed by atoms with Crippen LogP contribution >= 0.6 is 0 Å². The van der Waals surface area contributed by atoms with E-state index in [1.807, 2.05) is 84.9 Å². The summed E-state index contributed by atoms with van der Waals surface area (Å²) in [7, 11) is 0. The predicted octanol–water partition coefficient (Wildman–Crippen LogP) is 6.43. The second-order valence-corrected chi connectivity index (χ2v) is 9.69. The van der Waals surface area contributed by atoms with Crippen LogP contribution in [0.5, 0.6) is 11.5 Å². The summed E-state index contributed by atoms with van der Waals surface area (Å²) in [5, 5.41) is 10.4. The van der Waals surface area contributed by atoms with Gasteiger partial charge in [-0.25, -0.2) is 4.90 Å². The van der Waals surface area contributed by atoms with Gasteiger partial charge in [0.25, 0.3) is 11.8 Å². The third-order valence-corrected chi connectivity index (χ3v) is 6.96. The van der Waals surface area contributed by atoms with E-state index in [1.165, 1.54) is 0 Å². The van der Waals surface area contributed by atoms with Crippen molar-refractivity contribution in [2.75, 3.05) is 4.90 Å². The van der Waals surface area contributed by atoms with E-state index in [-0.39, 0.29) is 30.8 Å². The lowest BCUT2D eigenvalue weighted by molar-refractivity contribution is -0.136. The van der Waals surface area contributed by atoms with E-state index in [4.69, 9.17) is 14.6 Å². The molecule has 1 heterocycles. The number of nitrogens with zero attached hydrogens (tertiary/aromatic N) is 1. The van der Waals surface area contributed by atoms with Crippen molar-refractivity contribution in [1.29, 1.82) is 0 Å². The second kappa shape index (κ2) is 11.0. The van der Waals surface area contributed by atoms with Crippen LogP contribution in [-0.2, 0) is 24.4 Å². The molecule has 0 radical (unpaired) electrons. The van der Waals surface area contributed by atoms with Crippen molar-refractivity contribution in [2.24, 2.45) is 0 Å². The van der Waals surface area contributed by atoms with Crippen LogP contribution in [0.25, 0.3) is 10.8 Å². The van der Waals surface area contributed by atoms with Crippen molar-refractivity contribution in [2.45, 2.75) is 19.6 Å². The average molecular weight is 544 g/mol. The molecule has 2 amide bonds. The van der Waals surface area contributed by atoms with Gasteiger partial charge >= 0.3 is 5.97 Å². The Hall–Kier alpha value is -5.43. The average Bonchev–Trinajstić information content (AvgIpc) is 3.25. The molecule has 7 heteroatoms. The first-order valence-electron chi connectivity index (χ1n) is 13.1. The summed E-state index contributed by atoms with van der Waals surface area (Å²) in [6.45, 7) is 0.402. The molecular weight excluding hydrogens is 518 g/mol. The highest BCUT2D eigenvalue weighted by Crippen LogP contribution is 2.46. The molecule has 5 aromatic carbocycles. The molecule has 0 bridgehead atoms. The topological polar surface area (TPSA) is 93.1 Å². The van der Waals surface area contributed by atoms with E-state index >= 15 is 0 Å². The van der Waals surface area contributed by atoms with Crippen LogP contribution in [0.3, 0.4) is 0 Å². The smallest absolute Gasteiger partial charge is 0.307 e. The van der Waals surface area contributed by atoms with Crippen LogP contribution in [0.1, 0.15) is 37.4 Å². The van der Waals surface area contributed by atoms with Crippen LogP contribution < -0.4 is 14.4 Å². The number of imide groups is 1. The lowest BCUT2D eigenvalue weighted by atomic mass is 9.98. The number of aliphatic carboxylic acids is 1. The van der Waals surface area contributed by atoms with Gasteiger partial charge in [0.15, 0.2) is 0 Å². The molecule has 1 aliphatic heterocycles. The lowest BCUT2D eigenvalue weighted by Gasteiger charge is -2.17. The zero-order chi connectivity index (χ0) is 28.3. The Morgan fingerprint density at radius 3 is 1.46 bits per heavy atom. The summed E-state index contributed by atoms with van der Waals surface area (Å²) in [5.74, 6) is -1.40. The summed E-state index contributed by atoms with van der Waals surface area (Å²) in [4.78, 5) is 40.3. The van der Waals surface area contributed by atoms with Gasteiger partial charge in [0.1, 0.15) is 24.7 Å². The molecule has 1 aliphatic rings. The Balaban J connectivity index is 1.48. The van der Waals surface area contributed by atoms with Crippen molar-refractivity contribution in [3.8, 4) is 11.5 Å². The number of carboxylic acids is 1. The van der Waals surface area contributed by atoms with Gasteiger partial charge in [-0.3, -0.25) is 14.4 Å². The second-order valence-electron chi connectivity index (χ2n) is 9.69. The maximum Gasteiger partial charge on any atom is 0.307 e. The number of benzene rings is 5. The van der Waals surface area contributed by atoms with Crippen molar-refractivity contribution in [3.63, 3.8) is 0 Å². The van der Waals surface area contributed by atoms with Gasteiger partial charge in [0, 0.05) is 10.8 Å². The number of rotatable bonds is 9. The summed E-state index contributed by atoms with van der Waals surface area (Å²) in [6.07, 6.45) is -0.164. The van der Waals surface area contributed by atoms with Crippen molar-refractivity contribution >= 4 is 34.2 Å². The van der Waals surface area contributed by atoms with E-state index in [1.54, 1.807) is 24.3 Å². The van der Waals surface area contributed by atoms with E-state index in [9.17, 15) is 14.4 Å². The first-order chi connectivity index (χ1) is 20.0. The minimum atomic E-state index is -0.967. The molecule has 0 saturated heterocycles. The molecular formula is C34H25NO6. The number of carbonyl (C=O) groups excluding carboxylic acids is 2. The first kappa shape index (κ1) is 25.8. The number of fused-ring (bicyclic) bond motifs is 2. The van der Waals surface area contributed by atoms with E-state index in [2.05, 4.69) is 0 Å². The number of hydrogen-bond donors (Lipinski definition) is 1. The Morgan fingerprint density at radius 1 is 0.585 bits per heavy atom. The maximum atomic E-state index is 14.0. The van der Waals surface area contributed by atoms with Crippen LogP contribution in [0.4, 0.5) is 5.69 Å². The number of hydrogen-bond acceptors (Lipinski definition) is 5. The van der Waals surface area contributed by atoms with Gasteiger partial charge in [0.05, 0.1) is 23.2 Å². The van der Waals surface area contributed by atoms with E-state index in [0.29, 0.717) is 33.5 Å². The van der Waals surface area contributed by atoms with Crippen LogP contribution in [0.15, 0.2) is 109 Å². The Bertz CT molecular complexity index is 1660. The number of ether oxygens (including phenoxy) is 2. The molecule has 0 aliphatic carbocycles. The number of anilines is 1. The van der Waals surface area contributed by atoms with Gasteiger partial charge in [-0.1, -0.05) is 97.1 Å². The summed E-state index contributed by atoms with van der Waals surface area (Å²) in [6, 6.07) is 32.9. The van der Waals surface area contributed by atoms with Crippen molar-refractivity contribution in [3.05, 3.63) is 137 Å². The van der Waals surface area contributed by atoms with E-state index in [0.717, 1.165) is 16.0 Å². The molecule has 1 N–H and O–H groups in total. The highest BCUT2D eigenvalue weighted by Gasteiger charge is 2.43. The number of carboxylic acid groups (broad SMARTS) is 1. The fraction of sp³-hybridized carbons (Fsp3) is 0.0882. The van der Waals surface area contributed by atoms with Crippen LogP contribution in [0, 0.1) is 0 Å². The predicted molar refractivity (Wildman–Crippen MR) is 154 cm³/mol. The molecule has 202 valence electrons. The number of carbonyl (C=O) groups is 3. The highest BCUT2D eigenvalue weighted by molar-refractivity contribution is 6.38. The molecule has 0 atom stereocenters. The molecule has 0 spiro atoms. The third kappa shape index (κ3) is 5.01. The third-order valence-electron chi connectivity index (χ3n) is 6.96. The lowest BCUT2D eigenvalue weighted by Crippen LogP contribution is -2.29. The standard InChI is InChI=1S/C34H25NO6/c36-28(37)19-22-15-17-25(18-16-22)35-33(38)29-30(34(35)39)32(41-21-24-11-5-2-6-12-24)27-14-8-7-13-26(27)31(29)40-20-23-9-3-1-4-10-23/h1-18H,19-21H2,(H,36,37). The minimum absolute atomic E-state index is 0.141. The molecule has 6 rings (SSSR count). The van der Waals surface area contributed by atoms with Gasteiger partial charge in [0.2, 0.25) is 0 Å². The monoisotopic (exact) mass is 543 g/mol. The van der Waals surface area contributed by atoms with Crippen molar-refractivity contribution in [1.82, 2.24) is 0 Å². The molecule has 5 aromatic rings. The van der Waals surface area contributed by atoms with Gasteiger partial charge in [-0.05, 0) is 28.8 Å². The molecule has 0 aromatic heterocycles. The summed E-state index contributed by atoms with van der Waals surface area (Å²) >= 11 is 0. The molecule has 7 nitrogen and oxygen atoms in total. The Morgan fingerprint density at radius 2 is 1.02 bits per heavy atom. The quantitative estimate of drug-likeness (QED) is 0.216. The van der Waals surface area contributed by atoms with Gasteiger partial charge in [-0.15, -0.1) is 0 Å². The highest BCUT2D eigenvalue weighted by atomic mass is 16.5.